The van der Waals surface area contributed by atoms with Crippen LogP contribution in [0.5, 0.6) is 23.0 Å². The van der Waals surface area contributed by atoms with E-state index in [1.54, 1.807) is 13.1 Å². The molecular formula is C21H23NO7. The van der Waals surface area contributed by atoms with Gasteiger partial charge in [0, 0.05) is 19.7 Å². The zero-order chi connectivity index (χ0) is 20.8. The Kier molecular flexibility index (Phi) is 6.43. The van der Waals surface area contributed by atoms with Gasteiger partial charge in [-0.05, 0) is 29.8 Å². The molecule has 1 amide bonds. The summed E-state index contributed by atoms with van der Waals surface area (Å²) in [4.78, 5) is 26.1. The first kappa shape index (κ1) is 20.3. The standard InChI is InChI=1S/C21H23NO7/c1-22(12-14-4-5-18-19(8-14)28-7-6-27-18)20(23)13-29-21(24)15-9-16(25-2)11-17(10-15)26-3/h4-5,8-11H,6-7,12-13H2,1-3H3. The lowest BCUT2D eigenvalue weighted by Gasteiger charge is -2.21. The minimum atomic E-state index is -0.636. The van der Waals surface area contributed by atoms with Crippen molar-refractivity contribution in [3.05, 3.63) is 47.5 Å². The Morgan fingerprint density at radius 3 is 2.28 bits per heavy atom. The zero-order valence-electron chi connectivity index (χ0n) is 16.6. The minimum absolute atomic E-state index is 0.239. The summed E-state index contributed by atoms with van der Waals surface area (Å²) in [5, 5.41) is 0. The van der Waals surface area contributed by atoms with Crippen LogP contribution >= 0.6 is 0 Å². The van der Waals surface area contributed by atoms with E-state index in [1.807, 2.05) is 18.2 Å². The van der Waals surface area contributed by atoms with Crippen molar-refractivity contribution in [3.8, 4) is 23.0 Å². The normalized spacial score (nSPS) is 12.1. The summed E-state index contributed by atoms with van der Waals surface area (Å²) in [6.07, 6.45) is 0. The van der Waals surface area contributed by atoms with Gasteiger partial charge in [0.1, 0.15) is 24.7 Å². The number of fused-ring (bicyclic) bond motifs is 1. The molecule has 154 valence electrons. The molecule has 0 spiro atoms. The topological polar surface area (TPSA) is 83.5 Å². The lowest BCUT2D eigenvalue weighted by Crippen LogP contribution is -2.31. The number of hydrogen-bond acceptors (Lipinski definition) is 7. The molecule has 0 saturated carbocycles. The monoisotopic (exact) mass is 401 g/mol. The van der Waals surface area contributed by atoms with Gasteiger partial charge in [-0.25, -0.2) is 4.79 Å². The van der Waals surface area contributed by atoms with Crippen molar-refractivity contribution in [2.45, 2.75) is 6.54 Å². The van der Waals surface area contributed by atoms with Gasteiger partial charge < -0.3 is 28.6 Å². The Morgan fingerprint density at radius 2 is 1.62 bits per heavy atom. The Balaban J connectivity index is 1.56. The van der Waals surface area contributed by atoms with Crippen molar-refractivity contribution in [2.75, 3.05) is 41.1 Å². The molecule has 1 aliphatic rings. The second-order valence-corrected chi connectivity index (χ2v) is 6.41. The highest BCUT2D eigenvalue weighted by Gasteiger charge is 2.17. The second-order valence-electron chi connectivity index (χ2n) is 6.41. The highest BCUT2D eigenvalue weighted by Crippen LogP contribution is 2.31. The van der Waals surface area contributed by atoms with E-state index >= 15 is 0 Å². The first-order valence-electron chi connectivity index (χ1n) is 9.03. The Morgan fingerprint density at radius 1 is 0.966 bits per heavy atom. The average Bonchev–Trinajstić information content (AvgIpc) is 2.76. The number of hydrogen-bond donors (Lipinski definition) is 0. The fourth-order valence-corrected chi connectivity index (χ4v) is 2.79. The highest BCUT2D eigenvalue weighted by molar-refractivity contribution is 5.92. The largest absolute Gasteiger partial charge is 0.497 e. The number of methoxy groups -OCH3 is 2. The van der Waals surface area contributed by atoms with E-state index in [0.29, 0.717) is 42.8 Å². The quantitative estimate of drug-likeness (QED) is 0.658. The molecule has 3 rings (SSSR count). The lowest BCUT2D eigenvalue weighted by molar-refractivity contribution is -0.133. The van der Waals surface area contributed by atoms with Gasteiger partial charge in [0.05, 0.1) is 19.8 Å². The molecule has 0 aliphatic carbocycles. The summed E-state index contributed by atoms with van der Waals surface area (Å²) < 4.78 is 26.5. The summed E-state index contributed by atoms with van der Waals surface area (Å²) in [7, 11) is 4.61. The van der Waals surface area contributed by atoms with Crippen molar-refractivity contribution < 1.29 is 33.3 Å². The average molecular weight is 401 g/mol. The number of benzene rings is 2. The first-order valence-corrected chi connectivity index (χ1v) is 9.03. The molecule has 0 atom stereocenters. The molecule has 8 nitrogen and oxygen atoms in total. The van der Waals surface area contributed by atoms with Gasteiger partial charge in [0.15, 0.2) is 18.1 Å². The maximum Gasteiger partial charge on any atom is 0.338 e. The van der Waals surface area contributed by atoms with E-state index in [2.05, 4.69) is 0 Å². The molecule has 2 aromatic carbocycles. The molecule has 0 bridgehead atoms. The Labute approximate surface area is 168 Å². The molecule has 0 aromatic heterocycles. The SMILES string of the molecule is COc1cc(OC)cc(C(=O)OCC(=O)N(C)Cc2ccc3c(c2)OCCO3)c1. The maximum atomic E-state index is 12.4. The number of carbonyl (C=O) groups is 2. The third-order valence-electron chi connectivity index (χ3n) is 4.37. The van der Waals surface area contributed by atoms with Crippen LogP contribution < -0.4 is 18.9 Å². The number of ether oxygens (including phenoxy) is 5. The van der Waals surface area contributed by atoms with Crippen molar-refractivity contribution in [1.29, 1.82) is 0 Å². The Bertz CT molecular complexity index is 874. The van der Waals surface area contributed by atoms with Crippen molar-refractivity contribution >= 4 is 11.9 Å². The maximum absolute atomic E-state index is 12.4. The van der Waals surface area contributed by atoms with E-state index in [0.717, 1.165) is 5.56 Å². The number of carbonyl (C=O) groups excluding carboxylic acids is 2. The number of likely N-dealkylation sites (N-methyl/N-ethyl adjacent to an activating group) is 1. The van der Waals surface area contributed by atoms with Gasteiger partial charge in [0.2, 0.25) is 0 Å². The van der Waals surface area contributed by atoms with Crippen LogP contribution in [0.4, 0.5) is 0 Å². The van der Waals surface area contributed by atoms with E-state index < -0.39 is 5.97 Å². The molecule has 1 aliphatic heterocycles. The Hall–Kier alpha value is -3.42. The summed E-state index contributed by atoms with van der Waals surface area (Å²) in [5.41, 5.74) is 1.12. The third-order valence-corrected chi connectivity index (χ3v) is 4.37. The van der Waals surface area contributed by atoms with Gasteiger partial charge in [-0.15, -0.1) is 0 Å². The van der Waals surface area contributed by atoms with Crippen molar-refractivity contribution in [2.24, 2.45) is 0 Å². The van der Waals surface area contributed by atoms with E-state index in [9.17, 15) is 9.59 Å². The van der Waals surface area contributed by atoms with Gasteiger partial charge in [-0.3, -0.25) is 4.79 Å². The number of esters is 1. The van der Waals surface area contributed by atoms with E-state index in [4.69, 9.17) is 23.7 Å². The van der Waals surface area contributed by atoms with Crippen LogP contribution in [0.2, 0.25) is 0 Å². The molecule has 0 fully saturated rings. The third kappa shape index (κ3) is 5.10. The summed E-state index contributed by atoms with van der Waals surface area (Å²) >= 11 is 0. The van der Waals surface area contributed by atoms with Crippen LogP contribution in [0.15, 0.2) is 36.4 Å². The molecule has 29 heavy (non-hydrogen) atoms. The van der Waals surface area contributed by atoms with Crippen LogP contribution in [-0.2, 0) is 16.1 Å². The highest BCUT2D eigenvalue weighted by atomic mass is 16.6. The smallest absolute Gasteiger partial charge is 0.338 e. The molecule has 8 heteroatoms. The molecule has 0 saturated heterocycles. The van der Waals surface area contributed by atoms with Gasteiger partial charge >= 0.3 is 5.97 Å². The van der Waals surface area contributed by atoms with Crippen LogP contribution in [0.25, 0.3) is 0 Å². The lowest BCUT2D eigenvalue weighted by atomic mass is 10.2. The van der Waals surface area contributed by atoms with Gasteiger partial charge in [-0.2, -0.15) is 0 Å². The molecule has 2 aromatic rings. The molecule has 0 unspecified atom stereocenters. The number of nitrogens with zero attached hydrogens (tertiary/aromatic N) is 1. The van der Waals surface area contributed by atoms with E-state index in [1.165, 1.54) is 31.3 Å². The summed E-state index contributed by atoms with van der Waals surface area (Å²) in [5.74, 6) is 1.30. The van der Waals surface area contributed by atoms with Crippen molar-refractivity contribution in [3.63, 3.8) is 0 Å². The molecule has 1 heterocycles. The predicted molar refractivity (Wildman–Crippen MR) is 104 cm³/mol. The first-order chi connectivity index (χ1) is 14.0. The zero-order valence-corrected chi connectivity index (χ0v) is 16.6. The molecule has 0 radical (unpaired) electrons. The van der Waals surface area contributed by atoms with E-state index in [-0.39, 0.29) is 18.1 Å². The number of rotatable bonds is 7. The second kappa shape index (κ2) is 9.18. The van der Waals surface area contributed by atoms with Crippen LogP contribution in [0.1, 0.15) is 15.9 Å². The molecular weight excluding hydrogens is 378 g/mol. The predicted octanol–water partition coefficient (Wildman–Crippen LogP) is 2.29. The van der Waals surface area contributed by atoms with Gasteiger partial charge in [0.25, 0.3) is 5.91 Å². The van der Waals surface area contributed by atoms with Gasteiger partial charge in [-0.1, -0.05) is 6.07 Å². The molecule has 0 N–H and O–H groups in total. The fraction of sp³-hybridized carbons (Fsp3) is 0.333. The van der Waals surface area contributed by atoms with Crippen LogP contribution in [-0.4, -0.2) is 57.9 Å². The van der Waals surface area contributed by atoms with Crippen molar-refractivity contribution in [1.82, 2.24) is 4.90 Å². The summed E-state index contributed by atoms with van der Waals surface area (Å²) in [6.45, 7) is 0.991. The fourth-order valence-electron chi connectivity index (χ4n) is 2.79. The minimum Gasteiger partial charge on any atom is -0.497 e. The number of amides is 1. The van der Waals surface area contributed by atoms with Crippen LogP contribution in [0, 0.1) is 0 Å². The van der Waals surface area contributed by atoms with Crippen LogP contribution in [0.3, 0.4) is 0 Å². The summed E-state index contributed by atoms with van der Waals surface area (Å²) in [6, 6.07) is 10.2.